The molecule has 0 amide bonds. The molecule has 3 nitrogen and oxygen atoms in total. The van der Waals surface area contributed by atoms with Gasteiger partial charge in [-0.05, 0) is 35.9 Å². The summed E-state index contributed by atoms with van der Waals surface area (Å²) in [6.45, 7) is 0. The van der Waals surface area contributed by atoms with Gasteiger partial charge in [-0.25, -0.2) is 4.98 Å². The third-order valence-electron chi connectivity index (χ3n) is 3.01. The molecule has 0 fully saturated rings. The van der Waals surface area contributed by atoms with Crippen molar-refractivity contribution in [2.24, 2.45) is 0 Å². The van der Waals surface area contributed by atoms with Gasteiger partial charge < -0.3 is 10.7 Å². The SMILES string of the molecule is Nc1ccc(Cl)cc1C(S)c1nc2ccccc2[nH]1. The predicted molar refractivity (Wildman–Crippen MR) is 82.8 cm³/mol. The molecule has 0 radical (unpaired) electrons. The lowest BCUT2D eigenvalue weighted by atomic mass is 10.1. The third kappa shape index (κ3) is 2.29. The number of nitrogens with two attached hydrogens (primary N) is 1. The van der Waals surface area contributed by atoms with Crippen LogP contribution in [0.15, 0.2) is 42.5 Å². The number of benzene rings is 2. The summed E-state index contributed by atoms with van der Waals surface area (Å²) in [6, 6.07) is 13.2. The van der Waals surface area contributed by atoms with Crippen LogP contribution in [0.5, 0.6) is 0 Å². The largest absolute Gasteiger partial charge is 0.398 e. The van der Waals surface area contributed by atoms with E-state index in [0.29, 0.717) is 10.7 Å². The average molecular weight is 290 g/mol. The van der Waals surface area contributed by atoms with E-state index in [2.05, 4.69) is 22.6 Å². The maximum absolute atomic E-state index is 6.01. The number of hydrogen-bond acceptors (Lipinski definition) is 3. The standard InChI is InChI=1S/C14H12ClN3S/c15-8-5-6-10(16)9(7-8)13(19)14-17-11-3-1-2-4-12(11)18-14/h1-7,13,19H,16H2,(H,17,18). The fraction of sp³-hybridized carbons (Fsp3) is 0.0714. The molecule has 0 spiro atoms. The summed E-state index contributed by atoms with van der Waals surface area (Å²) in [5.41, 5.74) is 9.38. The van der Waals surface area contributed by atoms with E-state index >= 15 is 0 Å². The number of para-hydroxylation sites is 2. The van der Waals surface area contributed by atoms with Gasteiger partial charge in [0.25, 0.3) is 0 Å². The lowest BCUT2D eigenvalue weighted by Crippen LogP contribution is -2.00. The number of hydrogen-bond donors (Lipinski definition) is 3. The van der Waals surface area contributed by atoms with Gasteiger partial charge in [0.2, 0.25) is 0 Å². The van der Waals surface area contributed by atoms with E-state index in [1.165, 1.54) is 0 Å². The minimum atomic E-state index is -0.230. The Morgan fingerprint density at radius 3 is 2.79 bits per heavy atom. The number of aromatic nitrogens is 2. The number of thiol groups is 1. The van der Waals surface area contributed by atoms with Crippen molar-refractivity contribution in [3.05, 3.63) is 58.9 Å². The molecule has 3 aromatic rings. The summed E-state index contributed by atoms with van der Waals surface area (Å²) in [5, 5.41) is 0.408. The molecule has 0 aliphatic carbocycles. The van der Waals surface area contributed by atoms with Crippen molar-refractivity contribution in [2.75, 3.05) is 5.73 Å². The number of nitrogen functional groups attached to an aromatic ring is 1. The zero-order valence-electron chi connectivity index (χ0n) is 9.97. The molecule has 0 aliphatic rings. The molecule has 19 heavy (non-hydrogen) atoms. The van der Waals surface area contributed by atoms with Crippen molar-refractivity contribution in [3.63, 3.8) is 0 Å². The van der Waals surface area contributed by atoms with E-state index in [1.807, 2.05) is 30.3 Å². The molecule has 3 N–H and O–H groups in total. The number of H-pyrrole nitrogens is 1. The summed E-state index contributed by atoms with van der Waals surface area (Å²) in [5.74, 6) is 0.763. The van der Waals surface area contributed by atoms with Crippen LogP contribution in [0.1, 0.15) is 16.6 Å². The Morgan fingerprint density at radius 2 is 2.00 bits per heavy atom. The summed E-state index contributed by atoms with van der Waals surface area (Å²) in [4.78, 5) is 7.78. The van der Waals surface area contributed by atoms with E-state index < -0.39 is 0 Å². The van der Waals surface area contributed by atoms with Crippen LogP contribution in [0, 0.1) is 0 Å². The number of aromatic amines is 1. The Hall–Kier alpha value is -1.65. The Balaban J connectivity index is 2.07. The molecule has 1 heterocycles. The van der Waals surface area contributed by atoms with Crippen LogP contribution >= 0.6 is 24.2 Å². The zero-order chi connectivity index (χ0) is 13.4. The molecule has 0 saturated carbocycles. The van der Waals surface area contributed by atoms with Gasteiger partial charge in [-0.2, -0.15) is 12.6 Å². The fourth-order valence-electron chi connectivity index (χ4n) is 2.03. The molecule has 1 atom stereocenters. The van der Waals surface area contributed by atoms with Crippen LogP contribution < -0.4 is 5.73 Å². The van der Waals surface area contributed by atoms with Crippen molar-refractivity contribution in [1.29, 1.82) is 0 Å². The van der Waals surface area contributed by atoms with Crippen molar-refractivity contribution in [2.45, 2.75) is 5.25 Å². The first-order valence-electron chi connectivity index (χ1n) is 5.83. The minimum absolute atomic E-state index is 0.230. The number of rotatable bonds is 2. The number of halogens is 1. The quantitative estimate of drug-likeness (QED) is 0.496. The normalized spacial score (nSPS) is 12.7. The Bertz CT molecular complexity index is 705. The summed E-state index contributed by atoms with van der Waals surface area (Å²) in [6.07, 6.45) is 0. The second kappa shape index (κ2) is 4.79. The smallest absolute Gasteiger partial charge is 0.124 e. The number of nitrogens with zero attached hydrogens (tertiary/aromatic N) is 1. The molecule has 0 aliphatic heterocycles. The average Bonchev–Trinajstić information content (AvgIpc) is 2.84. The molecular weight excluding hydrogens is 278 g/mol. The first-order chi connectivity index (χ1) is 9.15. The van der Waals surface area contributed by atoms with Crippen LogP contribution in [-0.4, -0.2) is 9.97 Å². The minimum Gasteiger partial charge on any atom is -0.398 e. The first kappa shape index (κ1) is 12.4. The monoisotopic (exact) mass is 289 g/mol. The highest BCUT2D eigenvalue weighted by atomic mass is 35.5. The molecule has 2 aromatic carbocycles. The van der Waals surface area contributed by atoms with Crippen LogP contribution in [0.4, 0.5) is 5.69 Å². The summed E-state index contributed by atoms with van der Waals surface area (Å²) < 4.78 is 0. The highest BCUT2D eigenvalue weighted by Crippen LogP contribution is 2.33. The lowest BCUT2D eigenvalue weighted by Gasteiger charge is -2.11. The van der Waals surface area contributed by atoms with E-state index in [1.54, 1.807) is 12.1 Å². The molecule has 0 saturated heterocycles. The number of fused-ring (bicyclic) bond motifs is 1. The molecule has 1 aromatic heterocycles. The maximum Gasteiger partial charge on any atom is 0.124 e. The summed E-state index contributed by atoms with van der Waals surface area (Å²) in [7, 11) is 0. The number of nitrogens with one attached hydrogen (secondary N) is 1. The van der Waals surface area contributed by atoms with Crippen LogP contribution in [0.2, 0.25) is 5.02 Å². The Kier molecular flexibility index (Phi) is 3.12. The van der Waals surface area contributed by atoms with Gasteiger partial charge in [0.15, 0.2) is 0 Å². The molecule has 96 valence electrons. The van der Waals surface area contributed by atoms with Crippen molar-refractivity contribution < 1.29 is 0 Å². The molecule has 0 bridgehead atoms. The molecular formula is C14H12ClN3S. The Labute approximate surface area is 121 Å². The van der Waals surface area contributed by atoms with Gasteiger partial charge >= 0.3 is 0 Å². The predicted octanol–water partition coefficient (Wildman–Crippen LogP) is 3.82. The second-order valence-electron chi connectivity index (χ2n) is 4.31. The fourth-order valence-corrected chi connectivity index (χ4v) is 2.56. The van der Waals surface area contributed by atoms with Crippen LogP contribution in [0.3, 0.4) is 0 Å². The Morgan fingerprint density at radius 1 is 1.21 bits per heavy atom. The van der Waals surface area contributed by atoms with E-state index in [9.17, 15) is 0 Å². The molecule has 1 unspecified atom stereocenters. The first-order valence-corrected chi connectivity index (χ1v) is 6.72. The van der Waals surface area contributed by atoms with Crippen LogP contribution in [0.25, 0.3) is 11.0 Å². The topological polar surface area (TPSA) is 54.7 Å². The van der Waals surface area contributed by atoms with Crippen molar-refractivity contribution in [3.8, 4) is 0 Å². The van der Waals surface area contributed by atoms with E-state index in [-0.39, 0.29) is 5.25 Å². The maximum atomic E-state index is 6.01. The number of anilines is 1. The van der Waals surface area contributed by atoms with E-state index in [4.69, 9.17) is 17.3 Å². The second-order valence-corrected chi connectivity index (χ2v) is 5.27. The third-order valence-corrected chi connectivity index (χ3v) is 3.77. The lowest BCUT2D eigenvalue weighted by molar-refractivity contribution is 1.02. The van der Waals surface area contributed by atoms with Gasteiger partial charge in [0, 0.05) is 10.7 Å². The van der Waals surface area contributed by atoms with Gasteiger partial charge in [-0.3, -0.25) is 0 Å². The zero-order valence-corrected chi connectivity index (χ0v) is 11.6. The van der Waals surface area contributed by atoms with Gasteiger partial charge in [-0.1, -0.05) is 23.7 Å². The van der Waals surface area contributed by atoms with E-state index in [0.717, 1.165) is 22.4 Å². The van der Waals surface area contributed by atoms with Crippen LogP contribution in [-0.2, 0) is 0 Å². The van der Waals surface area contributed by atoms with Gasteiger partial charge in [-0.15, -0.1) is 0 Å². The van der Waals surface area contributed by atoms with Gasteiger partial charge in [0.1, 0.15) is 5.82 Å². The highest BCUT2D eigenvalue weighted by molar-refractivity contribution is 7.80. The highest BCUT2D eigenvalue weighted by Gasteiger charge is 2.16. The molecule has 5 heteroatoms. The molecule has 3 rings (SSSR count). The van der Waals surface area contributed by atoms with Crippen molar-refractivity contribution in [1.82, 2.24) is 9.97 Å². The summed E-state index contributed by atoms with van der Waals surface area (Å²) >= 11 is 10.6. The van der Waals surface area contributed by atoms with Crippen molar-refractivity contribution >= 4 is 41.0 Å². The van der Waals surface area contributed by atoms with Gasteiger partial charge in [0.05, 0.1) is 16.3 Å². The number of imidazole rings is 1.